The predicted octanol–water partition coefficient (Wildman–Crippen LogP) is 3.55. The molecule has 0 aliphatic carbocycles. The smallest absolute Gasteiger partial charge is 0.223 e. The fourth-order valence-electron chi connectivity index (χ4n) is 3.62. The van der Waals surface area contributed by atoms with Gasteiger partial charge in [-0.1, -0.05) is 36.4 Å². The van der Waals surface area contributed by atoms with Gasteiger partial charge >= 0.3 is 0 Å². The second-order valence-electron chi connectivity index (χ2n) is 7.64. The van der Waals surface area contributed by atoms with Gasteiger partial charge in [0, 0.05) is 19.0 Å². The Balaban J connectivity index is 1.54. The molecule has 0 radical (unpaired) electrons. The zero-order valence-electron chi connectivity index (χ0n) is 16.8. The molecule has 1 atom stereocenters. The lowest BCUT2D eigenvalue weighted by molar-refractivity contribution is -0.126. The van der Waals surface area contributed by atoms with Crippen molar-refractivity contribution in [3.05, 3.63) is 71.0 Å². The Hall–Kier alpha value is -2.25. The Labute approximate surface area is 172 Å². The first-order valence-corrected chi connectivity index (χ1v) is 11.5. The lowest BCUT2D eigenvalue weighted by atomic mass is 9.96. The molecule has 7 heteroatoms. The number of amides is 1. The predicted molar refractivity (Wildman–Crippen MR) is 111 cm³/mol. The van der Waals surface area contributed by atoms with Crippen molar-refractivity contribution < 1.29 is 17.6 Å². The summed E-state index contributed by atoms with van der Waals surface area (Å²) in [6.07, 6.45) is 0.990. The molecule has 3 rings (SSSR count). The van der Waals surface area contributed by atoms with Gasteiger partial charge in [-0.05, 0) is 55.5 Å². The highest BCUT2D eigenvalue weighted by molar-refractivity contribution is 7.88. The topological polar surface area (TPSA) is 66.5 Å². The summed E-state index contributed by atoms with van der Waals surface area (Å²) >= 11 is 0. The van der Waals surface area contributed by atoms with Crippen LogP contribution in [0, 0.1) is 18.7 Å². The van der Waals surface area contributed by atoms with Crippen LogP contribution < -0.4 is 5.32 Å². The lowest BCUT2D eigenvalue weighted by Crippen LogP contribution is -2.43. The Morgan fingerprint density at radius 1 is 1.14 bits per heavy atom. The van der Waals surface area contributed by atoms with E-state index >= 15 is 0 Å². The molecule has 156 valence electrons. The molecule has 1 saturated heterocycles. The van der Waals surface area contributed by atoms with Crippen molar-refractivity contribution in [2.75, 3.05) is 13.1 Å². The van der Waals surface area contributed by atoms with E-state index in [0.717, 1.165) is 16.7 Å². The van der Waals surface area contributed by atoms with Gasteiger partial charge in [0.15, 0.2) is 0 Å². The summed E-state index contributed by atoms with van der Waals surface area (Å²) in [5.74, 6) is -0.634. The molecular formula is C22H27FN2O3S. The van der Waals surface area contributed by atoms with Crippen molar-refractivity contribution >= 4 is 15.9 Å². The second kappa shape index (κ2) is 9.05. The number of benzene rings is 2. The fraction of sp³-hybridized carbons (Fsp3) is 0.409. The zero-order valence-corrected chi connectivity index (χ0v) is 17.6. The van der Waals surface area contributed by atoms with E-state index in [0.29, 0.717) is 25.9 Å². The number of piperidine rings is 1. The van der Waals surface area contributed by atoms with Crippen LogP contribution in [0.1, 0.15) is 42.5 Å². The summed E-state index contributed by atoms with van der Waals surface area (Å²) < 4.78 is 40.1. The molecule has 1 N–H and O–H groups in total. The third-order valence-electron chi connectivity index (χ3n) is 5.55. The van der Waals surface area contributed by atoms with Crippen molar-refractivity contribution in [2.24, 2.45) is 5.92 Å². The largest absolute Gasteiger partial charge is 0.349 e. The Morgan fingerprint density at radius 2 is 1.76 bits per heavy atom. The summed E-state index contributed by atoms with van der Waals surface area (Å²) in [5.41, 5.74) is 2.60. The van der Waals surface area contributed by atoms with Crippen LogP contribution in [0.2, 0.25) is 0 Å². The molecule has 0 saturated carbocycles. The van der Waals surface area contributed by atoms with Crippen LogP contribution >= 0.6 is 0 Å². The van der Waals surface area contributed by atoms with Crippen LogP contribution in [0.25, 0.3) is 0 Å². The SMILES string of the molecule is Cc1ccccc1CS(=O)(=O)N1CCC(C(=O)N[C@@H](C)c2ccc(F)cc2)CC1. The maximum Gasteiger partial charge on any atom is 0.223 e. The Kier molecular flexibility index (Phi) is 6.70. The summed E-state index contributed by atoms with van der Waals surface area (Å²) in [4.78, 5) is 12.6. The highest BCUT2D eigenvalue weighted by Gasteiger charge is 2.31. The summed E-state index contributed by atoms with van der Waals surface area (Å²) in [6.45, 7) is 4.45. The quantitative estimate of drug-likeness (QED) is 0.780. The summed E-state index contributed by atoms with van der Waals surface area (Å²) in [5, 5.41) is 2.96. The number of aryl methyl sites for hydroxylation is 1. The number of hydrogen-bond acceptors (Lipinski definition) is 3. The van der Waals surface area contributed by atoms with E-state index < -0.39 is 10.0 Å². The van der Waals surface area contributed by atoms with E-state index in [4.69, 9.17) is 0 Å². The first-order chi connectivity index (χ1) is 13.8. The molecule has 0 aromatic heterocycles. The van der Waals surface area contributed by atoms with Crippen LogP contribution in [0.4, 0.5) is 4.39 Å². The van der Waals surface area contributed by atoms with Crippen molar-refractivity contribution in [1.82, 2.24) is 9.62 Å². The highest BCUT2D eigenvalue weighted by atomic mass is 32.2. The number of carbonyl (C=O) groups excluding carboxylic acids is 1. The minimum absolute atomic E-state index is 0.0157. The third kappa shape index (κ3) is 5.42. The maximum atomic E-state index is 13.1. The number of nitrogens with one attached hydrogen (secondary N) is 1. The molecule has 5 nitrogen and oxygen atoms in total. The first kappa shape index (κ1) is 21.5. The molecule has 2 aromatic carbocycles. The fourth-order valence-corrected chi connectivity index (χ4v) is 5.29. The normalized spacial score (nSPS) is 17.1. The van der Waals surface area contributed by atoms with Crippen LogP contribution in [0.3, 0.4) is 0 Å². The van der Waals surface area contributed by atoms with E-state index in [2.05, 4.69) is 5.32 Å². The number of halogens is 1. The number of hydrogen-bond donors (Lipinski definition) is 1. The van der Waals surface area contributed by atoms with Gasteiger partial charge in [0.2, 0.25) is 15.9 Å². The molecule has 0 unspecified atom stereocenters. The van der Waals surface area contributed by atoms with Gasteiger partial charge in [0.1, 0.15) is 5.82 Å². The molecule has 1 aliphatic rings. The molecule has 1 aliphatic heterocycles. The van der Waals surface area contributed by atoms with Gasteiger partial charge in [0.25, 0.3) is 0 Å². The minimum atomic E-state index is -3.41. The number of nitrogens with zero attached hydrogens (tertiary/aromatic N) is 1. The van der Waals surface area contributed by atoms with Gasteiger partial charge < -0.3 is 5.32 Å². The van der Waals surface area contributed by atoms with Crippen LogP contribution in [0.15, 0.2) is 48.5 Å². The average molecular weight is 419 g/mol. The number of rotatable bonds is 6. The zero-order chi connectivity index (χ0) is 21.0. The van der Waals surface area contributed by atoms with Gasteiger partial charge in [0.05, 0.1) is 11.8 Å². The van der Waals surface area contributed by atoms with Crippen LogP contribution in [0.5, 0.6) is 0 Å². The van der Waals surface area contributed by atoms with Crippen molar-refractivity contribution in [3.63, 3.8) is 0 Å². The van der Waals surface area contributed by atoms with E-state index in [1.165, 1.54) is 16.4 Å². The third-order valence-corrected chi connectivity index (χ3v) is 7.37. The molecule has 1 heterocycles. The molecule has 0 spiro atoms. The van der Waals surface area contributed by atoms with Gasteiger partial charge in [-0.25, -0.2) is 17.1 Å². The van der Waals surface area contributed by atoms with E-state index in [1.807, 2.05) is 38.1 Å². The second-order valence-corrected chi connectivity index (χ2v) is 9.61. The van der Waals surface area contributed by atoms with E-state index in [9.17, 15) is 17.6 Å². The van der Waals surface area contributed by atoms with Gasteiger partial charge in [-0.15, -0.1) is 0 Å². The molecule has 1 fully saturated rings. The standard InChI is InChI=1S/C22H27FN2O3S/c1-16-5-3-4-6-20(16)15-29(27,28)25-13-11-19(12-14-25)22(26)24-17(2)18-7-9-21(23)10-8-18/h3-10,17,19H,11-15H2,1-2H3,(H,24,26)/t17-/m0/s1. The average Bonchev–Trinajstić information content (AvgIpc) is 2.70. The monoisotopic (exact) mass is 418 g/mol. The first-order valence-electron chi connectivity index (χ1n) is 9.84. The van der Waals surface area contributed by atoms with Crippen LogP contribution in [-0.2, 0) is 20.6 Å². The van der Waals surface area contributed by atoms with E-state index in [1.54, 1.807) is 12.1 Å². The highest BCUT2D eigenvalue weighted by Crippen LogP contribution is 2.24. The van der Waals surface area contributed by atoms with Crippen LogP contribution in [-0.4, -0.2) is 31.7 Å². The van der Waals surface area contributed by atoms with E-state index in [-0.39, 0.29) is 29.4 Å². The van der Waals surface area contributed by atoms with Crippen molar-refractivity contribution in [3.8, 4) is 0 Å². The summed E-state index contributed by atoms with van der Waals surface area (Å²) in [6, 6.07) is 13.3. The van der Waals surface area contributed by atoms with Gasteiger partial charge in [-0.3, -0.25) is 4.79 Å². The van der Waals surface area contributed by atoms with Crippen molar-refractivity contribution in [2.45, 2.75) is 38.5 Å². The number of sulfonamides is 1. The number of carbonyl (C=O) groups is 1. The maximum absolute atomic E-state index is 13.1. The summed E-state index contributed by atoms with van der Waals surface area (Å²) in [7, 11) is -3.41. The molecule has 29 heavy (non-hydrogen) atoms. The molecule has 2 aromatic rings. The van der Waals surface area contributed by atoms with Crippen molar-refractivity contribution in [1.29, 1.82) is 0 Å². The Morgan fingerprint density at radius 3 is 2.38 bits per heavy atom. The molecular weight excluding hydrogens is 391 g/mol. The minimum Gasteiger partial charge on any atom is -0.349 e. The lowest BCUT2D eigenvalue weighted by Gasteiger charge is -2.31. The molecule has 0 bridgehead atoms. The Bertz CT molecular complexity index is 952. The van der Waals surface area contributed by atoms with Gasteiger partial charge in [-0.2, -0.15) is 0 Å². The molecule has 1 amide bonds.